The number of nitrogens with one attached hydrogen (secondary N) is 1. The summed E-state index contributed by atoms with van der Waals surface area (Å²) in [5, 5.41) is 9.08. The molecular weight excluding hydrogens is 361 g/mol. The summed E-state index contributed by atoms with van der Waals surface area (Å²) in [6, 6.07) is 2.27. The van der Waals surface area contributed by atoms with Gasteiger partial charge in [-0.15, -0.1) is 0 Å². The minimum Gasteiger partial charge on any atom is -0.392 e. The highest BCUT2D eigenvalue weighted by atomic mass is 79.9. The van der Waals surface area contributed by atoms with Gasteiger partial charge in [-0.1, -0.05) is 29.8 Å². The SMILES string of the molecule is CC(C)CCC(C)NS(=O)(=O)c1cc(Br)cc(CO)c1F. The second-order valence-electron chi connectivity index (χ2n) is 5.53. The Morgan fingerprint density at radius 1 is 1.29 bits per heavy atom. The number of halogens is 2. The van der Waals surface area contributed by atoms with Crippen molar-refractivity contribution in [1.29, 1.82) is 0 Å². The molecule has 0 bridgehead atoms. The van der Waals surface area contributed by atoms with Crippen molar-refractivity contribution < 1.29 is 17.9 Å². The number of benzene rings is 1. The average Bonchev–Trinajstić information content (AvgIpc) is 2.38. The molecule has 21 heavy (non-hydrogen) atoms. The van der Waals surface area contributed by atoms with Gasteiger partial charge in [0.25, 0.3) is 0 Å². The fourth-order valence-electron chi connectivity index (χ4n) is 1.90. The summed E-state index contributed by atoms with van der Waals surface area (Å²) in [5.74, 6) is -0.440. The van der Waals surface area contributed by atoms with E-state index in [1.807, 2.05) is 0 Å². The van der Waals surface area contributed by atoms with E-state index in [1.165, 1.54) is 12.1 Å². The standard InChI is InChI=1S/C14H21BrFNO3S/c1-9(2)4-5-10(3)17-21(19,20)13-7-12(15)6-11(8-18)14(13)16/h6-7,9-10,17-18H,4-5,8H2,1-3H3. The summed E-state index contributed by atoms with van der Waals surface area (Å²) in [6.07, 6.45) is 1.56. The summed E-state index contributed by atoms with van der Waals surface area (Å²) >= 11 is 3.13. The maximum absolute atomic E-state index is 14.1. The number of rotatable bonds is 7. The lowest BCUT2D eigenvalue weighted by Gasteiger charge is -2.16. The van der Waals surface area contributed by atoms with Gasteiger partial charge in [-0.25, -0.2) is 17.5 Å². The maximum Gasteiger partial charge on any atom is 0.243 e. The average molecular weight is 382 g/mol. The van der Waals surface area contributed by atoms with Crippen LogP contribution >= 0.6 is 15.9 Å². The first-order valence-electron chi connectivity index (χ1n) is 6.78. The van der Waals surface area contributed by atoms with Gasteiger partial charge in [-0.3, -0.25) is 0 Å². The van der Waals surface area contributed by atoms with E-state index in [0.29, 0.717) is 16.8 Å². The summed E-state index contributed by atoms with van der Waals surface area (Å²) in [6.45, 7) is 5.31. The number of aliphatic hydroxyl groups is 1. The van der Waals surface area contributed by atoms with Crippen LogP contribution in [-0.4, -0.2) is 19.6 Å². The largest absolute Gasteiger partial charge is 0.392 e. The summed E-state index contributed by atoms with van der Waals surface area (Å²) in [7, 11) is -3.96. The topological polar surface area (TPSA) is 66.4 Å². The zero-order chi connectivity index (χ0) is 16.2. The van der Waals surface area contributed by atoms with Crippen LogP contribution in [0.25, 0.3) is 0 Å². The van der Waals surface area contributed by atoms with Gasteiger partial charge in [0.2, 0.25) is 10.0 Å². The first-order chi connectivity index (χ1) is 9.67. The third-order valence-electron chi connectivity index (χ3n) is 3.07. The van der Waals surface area contributed by atoms with Crippen LogP contribution in [0.5, 0.6) is 0 Å². The Kier molecular flexibility index (Phi) is 6.77. The van der Waals surface area contributed by atoms with Crippen molar-refractivity contribution in [1.82, 2.24) is 4.72 Å². The minimum atomic E-state index is -3.96. The van der Waals surface area contributed by atoms with Crippen molar-refractivity contribution in [3.63, 3.8) is 0 Å². The monoisotopic (exact) mass is 381 g/mol. The van der Waals surface area contributed by atoms with Gasteiger partial charge in [0.15, 0.2) is 0 Å². The molecule has 0 aromatic heterocycles. The Bertz CT molecular complexity index is 590. The van der Waals surface area contributed by atoms with Gasteiger partial charge in [-0.2, -0.15) is 0 Å². The van der Waals surface area contributed by atoms with Crippen LogP contribution in [0.2, 0.25) is 0 Å². The lowest BCUT2D eigenvalue weighted by atomic mass is 10.1. The zero-order valence-electron chi connectivity index (χ0n) is 12.4. The van der Waals surface area contributed by atoms with Gasteiger partial charge in [0, 0.05) is 16.1 Å². The zero-order valence-corrected chi connectivity index (χ0v) is 14.8. The third-order valence-corrected chi connectivity index (χ3v) is 5.12. The predicted molar refractivity (Wildman–Crippen MR) is 83.9 cm³/mol. The van der Waals surface area contributed by atoms with Gasteiger partial charge in [0.1, 0.15) is 10.7 Å². The van der Waals surface area contributed by atoms with Crippen LogP contribution in [0, 0.1) is 11.7 Å². The van der Waals surface area contributed by atoms with E-state index < -0.39 is 27.3 Å². The minimum absolute atomic E-state index is 0.0559. The fourth-order valence-corrected chi connectivity index (χ4v) is 3.98. The molecule has 0 aliphatic rings. The molecule has 120 valence electrons. The van der Waals surface area contributed by atoms with Crippen molar-refractivity contribution in [2.75, 3.05) is 0 Å². The Balaban J connectivity index is 3.00. The normalized spacial score (nSPS) is 13.7. The van der Waals surface area contributed by atoms with Gasteiger partial charge in [0.05, 0.1) is 6.61 Å². The predicted octanol–water partition coefficient (Wildman–Crippen LogP) is 3.18. The highest BCUT2D eigenvalue weighted by Gasteiger charge is 2.24. The van der Waals surface area contributed by atoms with Crippen molar-refractivity contribution >= 4 is 26.0 Å². The van der Waals surface area contributed by atoms with Crippen molar-refractivity contribution in [2.24, 2.45) is 5.92 Å². The van der Waals surface area contributed by atoms with Crippen LogP contribution in [0.15, 0.2) is 21.5 Å². The molecule has 4 nitrogen and oxygen atoms in total. The van der Waals surface area contributed by atoms with Crippen LogP contribution < -0.4 is 4.72 Å². The molecule has 1 aromatic carbocycles. The van der Waals surface area contributed by atoms with E-state index in [2.05, 4.69) is 34.5 Å². The molecule has 0 aliphatic heterocycles. The molecule has 0 radical (unpaired) electrons. The van der Waals surface area contributed by atoms with E-state index in [4.69, 9.17) is 5.11 Å². The third kappa shape index (κ3) is 5.32. The molecule has 1 rings (SSSR count). The molecule has 1 unspecified atom stereocenters. The maximum atomic E-state index is 14.1. The van der Waals surface area contributed by atoms with Crippen LogP contribution in [-0.2, 0) is 16.6 Å². The molecule has 0 amide bonds. The Labute approximate surface area is 133 Å². The lowest BCUT2D eigenvalue weighted by Crippen LogP contribution is -2.33. The molecule has 2 N–H and O–H groups in total. The molecular formula is C14H21BrFNO3S. The molecule has 0 saturated carbocycles. The first-order valence-corrected chi connectivity index (χ1v) is 9.06. The van der Waals surface area contributed by atoms with E-state index in [0.717, 1.165) is 6.42 Å². The highest BCUT2D eigenvalue weighted by molar-refractivity contribution is 9.10. The van der Waals surface area contributed by atoms with E-state index in [-0.39, 0.29) is 11.6 Å². The summed E-state index contributed by atoms with van der Waals surface area (Å²) in [5.41, 5.74) is -0.0559. The molecule has 1 atom stereocenters. The van der Waals surface area contributed by atoms with E-state index in [1.54, 1.807) is 6.92 Å². The Morgan fingerprint density at radius 3 is 2.43 bits per heavy atom. The molecule has 0 saturated heterocycles. The van der Waals surface area contributed by atoms with Crippen LogP contribution in [0.3, 0.4) is 0 Å². The fraction of sp³-hybridized carbons (Fsp3) is 0.571. The molecule has 0 heterocycles. The lowest BCUT2D eigenvalue weighted by molar-refractivity contribution is 0.274. The number of sulfonamides is 1. The van der Waals surface area contributed by atoms with Crippen LogP contribution in [0.1, 0.15) is 39.2 Å². The number of aliphatic hydroxyl groups excluding tert-OH is 1. The Hall–Kier alpha value is -0.500. The van der Waals surface area contributed by atoms with Gasteiger partial charge >= 0.3 is 0 Å². The number of hydrogen-bond donors (Lipinski definition) is 2. The Morgan fingerprint density at radius 2 is 1.90 bits per heavy atom. The highest BCUT2D eigenvalue weighted by Crippen LogP contribution is 2.24. The van der Waals surface area contributed by atoms with E-state index >= 15 is 0 Å². The van der Waals surface area contributed by atoms with Crippen molar-refractivity contribution in [2.45, 2.75) is 51.2 Å². The smallest absolute Gasteiger partial charge is 0.243 e. The van der Waals surface area contributed by atoms with E-state index in [9.17, 15) is 12.8 Å². The van der Waals surface area contributed by atoms with Crippen molar-refractivity contribution in [3.05, 3.63) is 28.0 Å². The second-order valence-corrected chi connectivity index (χ2v) is 8.13. The quantitative estimate of drug-likeness (QED) is 0.761. The van der Waals surface area contributed by atoms with Gasteiger partial charge in [-0.05, 0) is 37.8 Å². The number of hydrogen-bond acceptors (Lipinski definition) is 3. The molecule has 7 heteroatoms. The molecule has 0 fully saturated rings. The second kappa shape index (κ2) is 7.67. The van der Waals surface area contributed by atoms with Gasteiger partial charge < -0.3 is 5.11 Å². The molecule has 0 aliphatic carbocycles. The van der Waals surface area contributed by atoms with Crippen molar-refractivity contribution in [3.8, 4) is 0 Å². The summed E-state index contributed by atoms with van der Waals surface area (Å²) < 4.78 is 41.5. The summed E-state index contributed by atoms with van der Waals surface area (Å²) in [4.78, 5) is -0.447. The first kappa shape index (κ1) is 18.5. The van der Waals surface area contributed by atoms with Crippen LogP contribution in [0.4, 0.5) is 4.39 Å². The molecule has 0 spiro atoms. The molecule has 1 aromatic rings.